The summed E-state index contributed by atoms with van der Waals surface area (Å²) in [7, 11) is -3.59. The number of piperidine rings is 1. The molecule has 152 valence electrons. The van der Waals surface area contributed by atoms with Crippen LogP contribution in [0.1, 0.15) is 41.6 Å². The van der Waals surface area contributed by atoms with E-state index in [0.29, 0.717) is 26.1 Å². The van der Waals surface area contributed by atoms with Crippen LogP contribution in [0.15, 0.2) is 58.5 Å². The summed E-state index contributed by atoms with van der Waals surface area (Å²) >= 11 is 0. The van der Waals surface area contributed by atoms with Gasteiger partial charge in [0.05, 0.1) is 17.2 Å². The largest absolute Gasteiger partial charge is 0.492 e. The van der Waals surface area contributed by atoms with E-state index in [1.54, 1.807) is 12.1 Å². The third-order valence-electron chi connectivity index (χ3n) is 5.14. The van der Waals surface area contributed by atoms with Gasteiger partial charge in [0.25, 0.3) is 5.91 Å². The maximum Gasteiger partial charge on any atom is 0.271 e. The number of sulfonamides is 1. The van der Waals surface area contributed by atoms with Crippen molar-refractivity contribution in [3.63, 3.8) is 0 Å². The van der Waals surface area contributed by atoms with Gasteiger partial charge in [0, 0.05) is 30.6 Å². The van der Waals surface area contributed by atoms with Crippen LogP contribution in [0, 0.1) is 0 Å². The van der Waals surface area contributed by atoms with Gasteiger partial charge in [-0.05, 0) is 43.2 Å². The number of amides is 1. The fourth-order valence-electron chi connectivity index (χ4n) is 3.57. The van der Waals surface area contributed by atoms with E-state index in [0.717, 1.165) is 36.3 Å². The first-order valence-corrected chi connectivity index (χ1v) is 11.2. The minimum Gasteiger partial charge on any atom is -0.492 e. The molecule has 1 amide bonds. The van der Waals surface area contributed by atoms with Crippen molar-refractivity contribution in [3.05, 3.63) is 59.7 Å². The number of carbonyl (C=O) groups excluding carboxylic acids is 1. The average Bonchev–Trinajstić information content (AvgIpc) is 2.78. The van der Waals surface area contributed by atoms with E-state index >= 15 is 0 Å². The number of carbonyl (C=O) groups is 1. The Balaban J connectivity index is 1.53. The summed E-state index contributed by atoms with van der Waals surface area (Å²) in [5.74, 6) is 0.290. The maximum atomic E-state index is 12.9. The van der Waals surface area contributed by atoms with E-state index in [-0.39, 0.29) is 10.5 Å². The van der Waals surface area contributed by atoms with Gasteiger partial charge in [-0.15, -0.1) is 0 Å². The fourth-order valence-corrected chi connectivity index (χ4v) is 5.14. The second-order valence-corrected chi connectivity index (χ2v) is 9.02. The van der Waals surface area contributed by atoms with E-state index in [2.05, 4.69) is 10.5 Å². The number of para-hydroxylation sites is 1. The van der Waals surface area contributed by atoms with Crippen molar-refractivity contribution in [1.29, 1.82) is 0 Å². The minimum atomic E-state index is -3.59. The van der Waals surface area contributed by atoms with Crippen molar-refractivity contribution in [3.8, 4) is 5.75 Å². The topological polar surface area (TPSA) is 88.1 Å². The molecule has 1 fully saturated rings. The summed E-state index contributed by atoms with van der Waals surface area (Å²) in [6.07, 6.45) is 3.35. The van der Waals surface area contributed by atoms with Crippen LogP contribution >= 0.6 is 0 Å². The van der Waals surface area contributed by atoms with Gasteiger partial charge in [0.1, 0.15) is 5.75 Å². The number of hydrogen-bond donors (Lipinski definition) is 1. The molecule has 0 unspecified atom stereocenters. The predicted octanol–water partition coefficient (Wildman–Crippen LogP) is 2.78. The van der Waals surface area contributed by atoms with Gasteiger partial charge < -0.3 is 4.74 Å². The predicted molar refractivity (Wildman–Crippen MR) is 110 cm³/mol. The molecule has 0 saturated carbocycles. The second kappa shape index (κ2) is 8.34. The third-order valence-corrected chi connectivity index (χ3v) is 7.03. The average molecular weight is 413 g/mol. The number of hydrazone groups is 1. The molecule has 4 rings (SSSR count). The number of nitrogens with zero attached hydrogens (tertiary/aromatic N) is 2. The van der Waals surface area contributed by atoms with Crippen molar-refractivity contribution in [2.75, 3.05) is 19.7 Å². The van der Waals surface area contributed by atoms with Gasteiger partial charge in [-0.25, -0.2) is 13.8 Å². The molecule has 7 nitrogen and oxygen atoms in total. The van der Waals surface area contributed by atoms with Crippen molar-refractivity contribution >= 4 is 21.6 Å². The number of fused-ring (bicyclic) bond motifs is 1. The van der Waals surface area contributed by atoms with Gasteiger partial charge in [0.2, 0.25) is 10.0 Å². The summed E-state index contributed by atoms with van der Waals surface area (Å²) in [5, 5.41) is 4.26. The molecule has 0 radical (unpaired) electrons. The van der Waals surface area contributed by atoms with E-state index in [1.165, 1.54) is 16.4 Å². The Bertz CT molecular complexity index is 1040. The normalized spacial score (nSPS) is 18.7. The van der Waals surface area contributed by atoms with E-state index in [4.69, 9.17) is 4.74 Å². The molecule has 2 heterocycles. The Kier molecular flexibility index (Phi) is 5.64. The quantitative estimate of drug-likeness (QED) is 0.781. The van der Waals surface area contributed by atoms with Crippen molar-refractivity contribution in [2.24, 2.45) is 5.10 Å². The Labute approximate surface area is 170 Å². The van der Waals surface area contributed by atoms with E-state index < -0.39 is 15.9 Å². The molecule has 2 aromatic rings. The van der Waals surface area contributed by atoms with Gasteiger partial charge in [-0.1, -0.05) is 24.6 Å². The van der Waals surface area contributed by atoms with Crippen LogP contribution in [0.5, 0.6) is 5.75 Å². The zero-order chi connectivity index (χ0) is 20.3. The molecular formula is C21H23N3O4S. The van der Waals surface area contributed by atoms with Crippen LogP contribution in [0.3, 0.4) is 0 Å². The Morgan fingerprint density at radius 3 is 2.66 bits per heavy atom. The molecule has 0 spiro atoms. The number of rotatable bonds is 4. The molecule has 2 aliphatic rings. The molecule has 29 heavy (non-hydrogen) atoms. The van der Waals surface area contributed by atoms with Crippen molar-refractivity contribution < 1.29 is 17.9 Å². The fraction of sp³-hybridized carbons (Fsp3) is 0.333. The number of hydrogen-bond acceptors (Lipinski definition) is 5. The molecule has 2 aromatic carbocycles. The van der Waals surface area contributed by atoms with Gasteiger partial charge >= 0.3 is 0 Å². The Morgan fingerprint density at radius 2 is 1.83 bits per heavy atom. The van der Waals surface area contributed by atoms with Gasteiger partial charge in [-0.2, -0.15) is 9.41 Å². The summed E-state index contributed by atoms with van der Waals surface area (Å²) in [5.41, 5.74) is 4.39. The first-order chi connectivity index (χ1) is 14.1. The first kappa shape index (κ1) is 19.6. The summed E-state index contributed by atoms with van der Waals surface area (Å²) in [6, 6.07) is 13.6. The summed E-state index contributed by atoms with van der Waals surface area (Å²) in [4.78, 5) is 12.7. The zero-order valence-corrected chi connectivity index (χ0v) is 16.8. The highest BCUT2D eigenvalue weighted by Crippen LogP contribution is 2.24. The van der Waals surface area contributed by atoms with Crippen molar-refractivity contribution in [1.82, 2.24) is 9.73 Å². The highest BCUT2D eigenvalue weighted by molar-refractivity contribution is 7.89. The summed E-state index contributed by atoms with van der Waals surface area (Å²) < 4.78 is 32.8. The molecule has 8 heteroatoms. The number of nitrogens with one attached hydrogen (secondary N) is 1. The molecule has 1 saturated heterocycles. The summed E-state index contributed by atoms with van der Waals surface area (Å²) in [6.45, 7) is 1.54. The molecule has 0 atom stereocenters. The lowest BCUT2D eigenvalue weighted by atomic mass is 10.0. The van der Waals surface area contributed by atoms with E-state index in [9.17, 15) is 13.2 Å². The third kappa shape index (κ3) is 4.18. The molecule has 1 N–H and O–H groups in total. The van der Waals surface area contributed by atoms with Crippen LogP contribution in [-0.2, 0) is 10.0 Å². The highest BCUT2D eigenvalue weighted by atomic mass is 32.2. The minimum absolute atomic E-state index is 0.135. The van der Waals surface area contributed by atoms with Crippen LogP contribution < -0.4 is 10.2 Å². The van der Waals surface area contributed by atoms with Gasteiger partial charge in [0.15, 0.2) is 0 Å². The molecule has 0 bridgehead atoms. The Morgan fingerprint density at radius 1 is 1.03 bits per heavy atom. The molecule has 0 aromatic heterocycles. The molecule has 0 aliphatic carbocycles. The Hall–Kier alpha value is -2.71. The maximum absolute atomic E-state index is 12.9. The number of ether oxygens (including phenoxy) is 1. The van der Waals surface area contributed by atoms with Crippen LogP contribution in [0.25, 0.3) is 0 Å². The zero-order valence-electron chi connectivity index (χ0n) is 16.0. The SMILES string of the molecule is O=C(N/N=C1/CCOc2ccccc21)c1cccc(S(=O)(=O)N2CCCCC2)c1. The van der Waals surface area contributed by atoms with Crippen LogP contribution in [0.2, 0.25) is 0 Å². The lowest BCUT2D eigenvalue weighted by Crippen LogP contribution is -2.35. The smallest absolute Gasteiger partial charge is 0.271 e. The molecular weight excluding hydrogens is 390 g/mol. The number of benzene rings is 2. The standard InChI is InChI=1S/C21H23N3O4S/c25-21(23-22-19-11-14-28-20-10-3-2-9-18(19)20)16-7-6-8-17(15-16)29(26,27)24-12-4-1-5-13-24/h2-3,6-10,15H,1,4-5,11-14H2,(H,23,25)/b22-19-. The highest BCUT2D eigenvalue weighted by Gasteiger charge is 2.26. The lowest BCUT2D eigenvalue weighted by Gasteiger charge is -2.26. The lowest BCUT2D eigenvalue weighted by molar-refractivity contribution is 0.0954. The monoisotopic (exact) mass is 413 g/mol. The van der Waals surface area contributed by atoms with Gasteiger partial charge in [-0.3, -0.25) is 4.79 Å². The first-order valence-electron chi connectivity index (χ1n) is 9.75. The molecule has 2 aliphatic heterocycles. The van der Waals surface area contributed by atoms with Crippen LogP contribution in [-0.4, -0.2) is 44.0 Å². The second-order valence-electron chi connectivity index (χ2n) is 7.09. The van der Waals surface area contributed by atoms with Crippen LogP contribution in [0.4, 0.5) is 0 Å². The van der Waals surface area contributed by atoms with Crippen molar-refractivity contribution in [2.45, 2.75) is 30.6 Å². The van der Waals surface area contributed by atoms with E-state index in [1.807, 2.05) is 24.3 Å².